The molecule has 11 heteroatoms. The lowest BCUT2D eigenvalue weighted by molar-refractivity contribution is 0.0787. The Balaban J connectivity index is 1.29. The fourth-order valence-corrected chi connectivity index (χ4v) is 6.18. The van der Waals surface area contributed by atoms with Gasteiger partial charge in [-0.1, -0.05) is 11.8 Å². The van der Waals surface area contributed by atoms with Crippen LogP contribution in [0.5, 0.6) is 0 Å². The number of nitrogens with zero attached hydrogens (tertiary/aromatic N) is 3. The molecule has 2 aliphatic rings. The zero-order valence-corrected chi connectivity index (χ0v) is 17.4. The lowest BCUT2D eigenvalue weighted by atomic mass is 10.1. The van der Waals surface area contributed by atoms with E-state index in [2.05, 4.69) is 15.2 Å². The third-order valence-corrected chi connectivity index (χ3v) is 7.85. The van der Waals surface area contributed by atoms with Crippen molar-refractivity contribution in [3.63, 3.8) is 0 Å². The minimum atomic E-state index is -2.94. The summed E-state index contributed by atoms with van der Waals surface area (Å²) in [6.45, 7) is 1.51. The number of thioether (sulfide) groups is 1. The standard InChI is InChI=1S/C18H22N4O5S2/c23-15(13-8-14(19-9-13)17(24)22-4-1-2-5-22)10-28-18-21-20-16(27-18)7-12-3-6-29(25,26)11-12/h8-9,12,19H,1-7,10-11H2/t12-/m0/s1. The number of carbonyl (C=O) groups is 2. The summed E-state index contributed by atoms with van der Waals surface area (Å²) >= 11 is 1.13. The van der Waals surface area contributed by atoms with Crippen molar-refractivity contribution in [2.75, 3.05) is 30.3 Å². The average Bonchev–Trinajstić information content (AvgIpc) is 3.47. The summed E-state index contributed by atoms with van der Waals surface area (Å²) in [6, 6.07) is 1.59. The van der Waals surface area contributed by atoms with E-state index in [1.165, 1.54) is 0 Å². The molecule has 0 aliphatic carbocycles. The molecule has 9 nitrogen and oxygen atoms in total. The van der Waals surface area contributed by atoms with Crippen LogP contribution in [0, 0.1) is 5.92 Å². The van der Waals surface area contributed by atoms with Crippen molar-refractivity contribution in [3.05, 3.63) is 29.4 Å². The van der Waals surface area contributed by atoms with Crippen LogP contribution < -0.4 is 0 Å². The smallest absolute Gasteiger partial charge is 0.277 e. The first kappa shape index (κ1) is 20.1. The highest BCUT2D eigenvalue weighted by molar-refractivity contribution is 7.99. The van der Waals surface area contributed by atoms with Crippen LogP contribution in [0.2, 0.25) is 0 Å². The number of likely N-dealkylation sites (tertiary alicyclic amines) is 1. The lowest BCUT2D eigenvalue weighted by Gasteiger charge is -2.13. The number of carbonyl (C=O) groups excluding carboxylic acids is 2. The van der Waals surface area contributed by atoms with Gasteiger partial charge in [0.05, 0.1) is 17.3 Å². The molecule has 1 amide bonds. The predicted octanol–water partition coefficient (Wildman–Crippen LogP) is 1.59. The summed E-state index contributed by atoms with van der Waals surface area (Å²) in [6.07, 6.45) is 4.61. The van der Waals surface area contributed by atoms with Gasteiger partial charge in [0.25, 0.3) is 11.1 Å². The van der Waals surface area contributed by atoms with E-state index >= 15 is 0 Å². The van der Waals surface area contributed by atoms with E-state index in [0.29, 0.717) is 30.0 Å². The van der Waals surface area contributed by atoms with E-state index in [1.807, 2.05) is 0 Å². The van der Waals surface area contributed by atoms with Crippen molar-refractivity contribution in [2.24, 2.45) is 5.92 Å². The van der Waals surface area contributed by atoms with E-state index in [9.17, 15) is 18.0 Å². The maximum Gasteiger partial charge on any atom is 0.277 e. The van der Waals surface area contributed by atoms with Gasteiger partial charge in [-0.15, -0.1) is 10.2 Å². The Morgan fingerprint density at radius 2 is 2.07 bits per heavy atom. The van der Waals surface area contributed by atoms with Gasteiger partial charge in [-0.2, -0.15) is 0 Å². The van der Waals surface area contributed by atoms with Gasteiger partial charge in [-0.05, 0) is 31.2 Å². The molecule has 4 rings (SSSR count). The van der Waals surface area contributed by atoms with E-state index in [4.69, 9.17) is 4.42 Å². The van der Waals surface area contributed by atoms with Crippen molar-refractivity contribution in [1.82, 2.24) is 20.1 Å². The van der Waals surface area contributed by atoms with Gasteiger partial charge in [0, 0.05) is 31.3 Å². The van der Waals surface area contributed by atoms with Crippen LogP contribution in [0.25, 0.3) is 0 Å². The monoisotopic (exact) mass is 438 g/mol. The number of amides is 1. The second kappa shape index (κ2) is 8.31. The number of hydrogen-bond donors (Lipinski definition) is 1. The van der Waals surface area contributed by atoms with Crippen LogP contribution in [0.4, 0.5) is 0 Å². The third-order valence-electron chi connectivity index (χ3n) is 5.19. The van der Waals surface area contributed by atoms with Crippen LogP contribution >= 0.6 is 11.8 Å². The van der Waals surface area contributed by atoms with Gasteiger partial charge in [0.2, 0.25) is 5.89 Å². The highest BCUT2D eigenvalue weighted by atomic mass is 32.2. The molecule has 2 aromatic heterocycles. The maximum atomic E-state index is 12.4. The molecule has 2 aromatic rings. The third kappa shape index (κ3) is 4.89. The summed E-state index contributed by atoms with van der Waals surface area (Å²) in [5.74, 6) is 0.643. The number of ketones is 1. The molecule has 0 radical (unpaired) electrons. The average molecular weight is 439 g/mol. The molecule has 0 aromatic carbocycles. The maximum absolute atomic E-state index is 12.4. The van der Waals surface area contributed by atoms with Crippen LogP contribution in [-0.4, -0.2) is 70.5 Å². The number of rotatable bonds is 7. The van der Waals surface area contributed by atoms with Gasteiger partial charge in [0.1, 0.15) is 5.69 Å². The number of aromatic nitrogens is 3. The molecule has 4 heterocycles. The second-order valence-corrected chi connectivity index (χ2v) is 10.6. The molecule has 2 aliphatic heterocycles. The minimum absolute atomic E-state index is 0.00588. The molecule has 29 heavy (non-hydrogen) atoms. The Hall–Kier alpha value is -2.14. The Labute approximate surface area is 172 Å². The van der Waals surface area contributed by atoms with Crippen molar-refractivity contribution >= 4 is 33.3 Å². The highest BCUT2D eigenvalue weighted by Gasteiger charge is 2.29. The molecular weight excluding hydrogens is 416 g/mol. The van der Waals surface area contributed by atoms with Crippen molar-refractivity contribution in [1.29, 1.82) is 0 Å². The topological polar surface area (TPSA) is 126 Å². The Bertz CT molecular complexity index is 1010. The highest BCUT2D eigenvalue weighted by Crippen LogP contribution is 2.24. The van der Waals surface area contributed by atoms with Crippen LogP contribution in [0.15, 0.2) is 21.9 Å². The molecule has 0 bridgehead atoms. The summed E-state index contributed by atoms with van der Waals surface area (Å²) in [5.41, 5.74) is 0.864. The Morgan fingerprint density at radius 3 is 2.79 bits per heavy atom. The number of sulfone groups is 1. The molecule has 156 valence electrons. The van der Waals surface area contributed by atoms with Gasteiger partial charge < -0.3 is 14.3 Å². The summed E-state index contributed by atoms with van der Waals surface area (Å²) in [5, 5.41) is 8.15. The first-order valence-electron chi connectivity index (χ1n) is 9.56. The molecule has 2 fully saturated rings. The number of aromatic amines is 1. The number of nitrogens with one attached hydrogen (secondary N) is 1. The molecule has 2 saturated heterocycles. The Morgan fingerprint density at radius 1 is 1.28 bits per heavy atom. The van der Waals surface area contributed by atoms with E-state index in [1.54, 1.807) is 17.2 Å². The van der Waals surface area contributed by atoms with Crippen LogP contribution in [-0.2, 0) is 16.3 Å². The Kier molecular flexibility index (Phi) is 5.77. The molecule has 0 unspecified atom stereocenters. The fraction of sp³-hybridized carbons (Fsp3) is 0.556. The summed E-state index contributed by atoms with van der Waals surface area (Å²) in [7, 11) is -2.94. The molecule has 0 saturated carbocycles. The quantitative estimate of drug-likeness (QED) is 0.510. The lowest BCUT2D eigenvalue weighted by Crippen LogP contribution is -2.27. The number of Topliss-reactive ketones (excluding diaryl/α,β-unsaturated/α-hetero) is 1. The number of H-pyrrole nitrogens is 1. The molecule has 0 spiro atoms. The van der Waals surface area contributed by atoms with Gasteiger partial charge in [-0.25, -0.2) is 8.42 Å². The van der Waals surface area contributed by atoms with Crippen molar-refractivity contribution in [2.45, 2.75) is 30.9 Å². The van der Waals surface area contributed by atoms with E-state index in [0.717, 1.165) is 37.7 Å². The van der Waals surface area contributed by atoms with Crippen LogP contribution in [0.1, 0.15) is 46.0 Å². The van der Waals surface area contributed by atoms with E-state index in [-0.39, 0.29) is 40.1 Å². The summed E-state index contributed by atoms with van der Waals surface area (Å²) in [4.78, 5) is 29.4. The first-order chi connectivity index (χ1) is 13.9. The molecule has 1 N–H and O–H groups in total. The predicted molar refractivity (Wildman–Crippen MR) is 106 cm³/mol. The molecule has 1 atom stereocenters. The van der Waals surface area contributed by atoms with Gasteiger partial charge in [-0.3, -0.25) is 9.59 Å². The minimum Gasteiger partial charge on any atom is -0.416 e. The normalized spacial score (nSPS) is 21.0. The van der Waals surface area contributed by atoms with Crippen LogP contribution in [0.3, 0.4) is 0 Å². The zero-order chi connectivity index (χ0) is 20.4. The van der Waals surface area contributed by atoms with E-state index < -0.39 is 9.84 Å². The SMILES string of the molecule is O=C(CSc1nnc(C[C@@H]2CCS(=O)(=O)C2)o1)c1c[nH]c(C(=O)N2CCCC2)c1. The zero-order valence-electron chi connectivity index (χ0n) is 15.8. The summed E-state index contributed by atoms with van der Waals surface area (Å²) < 4.78 is 28.6. The van der Waals surface area contributed by atoms with Crippen molar-refractivity contribution in [3.8, 4) is 0 Å². The van der Waals surface area contributed by atoms with Crippen molar-refractivity contribution < 1.29 is 22.4 Å². The van der Waals surface area contributed by atoms with Gasteiger partial charge in [0.15, 0.2) is 15.6 Å². The molecular formula is C18H22N4O5S2. The van der Waals surface area contributed by atoms with Gasteiger partial charge >= 0.3 is 0 Å². The fourth-order valence-electron chi connectivity index (χ4n) is 3.64. The number of hydrogen-bond acceptors (Lipinski definition) is 8. The largest absolute Gasteiger partial charge is 0.416 e. The first-order valence-corrected chi connectivity index (χ1v) is 12.4. The second-order valence-electron chi connectivity index (χ2n) is 7.45.